The van der Waals surface area contributed by atoms with Crippen LogP contribution in [0.5, 0.6) is 5.75 Å². The summed E-state index contributed by atoms with van der Waals surface area (Å²) in [6.45, 7) is 5.40. The Bertz CT molecular complexity index is 913. The summed E-state index contributed by atoms with van der Waals surface area (Å²) in [5, 5.41) is 5.35. The van der Waals surface area contributed by atoms with Gasteiger partial charge in [0.2, 0.25) is 11.8 Å². The minimum atomic E-state index is -0.372. The van der Waals surface area contributed by atoms with Crippen LogP contribution in [0.2, 0.25) is 0 Å². The molecule has 0 saturated carbocycles. The number of amides is 3. The molecule has 160 valence electrons. The van der Waals surface area contributed by atoms with E-state index in [-0.39, 0.29) is 36.9 Å². The Morgan fingerprint density at radius 2 is 1.77 bits per heavy atom. The number of nitrogens with one attached hydrogen (secondary N) is 2. The van der Waals surface area contributed by atoms with Crippen molar-refractivity contribution in [2.75, 3.05) is 25.5 Å². The van der Waals surface area contributed by atoms with E-state index in [1.54, 1.807) is 30.3 Å². The van der Waals surface area contributed by atoms with Gasteiger partial charge in [0.05, 0.1) is 19.2 Å². The lowest BCUT2D eigenvalue weighted by atomic mass is 10.2. The number of likely N-dealkylation sites (N-methyl/N-ethyl adjacent to an activating group) is 1. The standard InChI is InChI=1S/C22H26BrN3O4/c1-14(2)30-18-8-5-16(6-9-18)22(29)24-12-21(28)26(4)13-20(27)25-19-10-7-17(23)11-15(19)3/h5-11,14H,12-13H2,1-4H3,(H,24,29)(H,25,27). The zero-order valence-corrected chi connectivity index (χ0v) is 19.1. The number of ether oxygens (including phenoxy) is 1. The number of benzene rings is 2. The number of rotatable bonds is 8. The number of aryl methyl sites for hydroxylation is 1. The van der Waals surface area contributed by atoms with Gasteiger partial charge in [-0.05, 0) is 68.8 Å². The first-order chi connectivity index (χ1) is 14.2. The molecule has 0 unspecified atom stereocenters. The number of hydrogen-bond donors (Lipinski definition) is 2. The van der Waals surface area contributed by atoms with Crippen LogP contribution in [0.4, 0.5) is 5.69 Å². The summed E-state index contributed by atoms with van der Waals surface area (Å²) >= 11 is 3.37. The molecule has 0 saturated heterocycles. The van der Waals surface area contributed by atoms with E-state index in [2.05, 4.69) is 26.6 Å². The van der Waals surface area contributed by atoms with Crippen molar-refractivity contribution in [2.45, 2.75) is 26.9 Å². The molecule has 0 aromatic heterocycles. The van der Waals surface area contributed by atoms with Crippen LogP contribution in [0.25, 0.3) is 0 Å². The molecule has 0 bridgehead atoms. The Hall–Kier alpha value is -2.87. The zero-order chi connectivity index (χ0) is 22.3. The van der Waals surface area contributed by atoms with Gasteiger partial charge in [0.1, 0.15) is 5.75 Å². The van der Waals surface area contributed by atoms with Crippen molar-refractivity contribution >= 4 is 39.3 Å². The summed E-state index contributed by atoms with van der Waals surface area (Å²) in [7, 11) is 1.51. The third-order valence-electron chi connectivity index (χ3n) is 4.16. The van der Waals surface area contributed by atoms with Gasteiger partial charge in [-0.15, -0.1) is 0 Å². The molecule has 0 fully saturated rings. The van der Waals surface area contributed by atoms with Crippen molar-refractivity contribution < 1.29 is 19.1 Å². The highest BCUT2D eigenvalue weighted by Gasteiger charge is 2.15. The molecule has 2 N–H and O–H groups in total. The molecule has 2 aromatic carbocycles. The average Bonchev–Trinajstić information content (AvgIpc) is 2.68. The molecule has 2 aromatic rings. The van der Waals surface area contributed by atoms with Crippen molar-refractivity contribution in [2.24, 2.45) is 0 Å². The van der Waals surface area contributed by atoms with Crippen LogP contribution in [0.3, 0.4) is 0 Å². The minimum absolute atomic E-state index is 0.0442. The van der Waals surface area contributed by atoms with Crippen molar-refractivity contribution in [1.29, 1.82) is 0 Å². The van der Waals surface area contributed by atoms with Gasteiger partial charge in [-0.3, -0.25) is 14.4 Å². The lowest BCUT2D eigenvalue weighted by Crippen LogP contribution is -2.41. The molecule has 2 rings (SSSR count). The summed E-state index contributed by atoms with van der Waals surface area (Å²) < 4.78 is 6.46. The lowest BCUT2D eigenvalue weighted by molar-refractivity contribution is -0.132. The molecule has 3 amide bonds. The van der Waals surface area contributed by atoms with Crippen molar-refractivity contribution in [3.8, 4) is 5.75 Å². The first kappa shape index (κ1) is 23.4. The monoisotopic (exact) mass is 475 g/mol. The quantitative estimate of drug-likeness (QED) is 0.612. The maximum atomic E-state index is 12.3. The van der Waals surface area contributed by atoms with E-state index in [1.807, 2.05) is 32.9 Å². The zero-order valence-electron chi connectivity index (χ0n) is 17.5. The smallest absolute Gasteiger partial charge is 0.251 e. The van der Waals surface area contributed by atoms with Crippen LogP contribution < -0.4 is 15.4 Å². The van der Waals surface area contributed by atoms with Crippen molar-refractivity contribution in [3.63, 3.8) is 0 Å². The summed E-state index contributed by atoms with van der Waals surface area (Å²) in [6.07, 6.45) is 0.0442. The maximum absolute atomic E-state index is 12.3. The van der Waals surface area contributed by atoms with E-state index >= 15 is 0 Å². The lowest BCUT2D eigenvalue weighted by Gasteiger charge is -2.18. The van der Waals surface area contributed by atoms with Gasteiger partial charge in [0.15, 0.2) is 0 Å². The predicted octanol–water partition coefficient (Wildman–Crippen LogP) is 3.37. The second-order valence-corrected chi connectivity index (χ2v) is 8.05. The highest BCUT2D eigenvalue weighted by molar-refractivity contribution is 9.10. The number of carbonyl (C=O) groups is 3. The third-order valence-corrected chi connectivity index (χ3v) is 4.65. The fraction of sp³-hybridized carbons (Fsp3) is 0.318. The van der Waals surface area contributed by atoms with Gasteiger partial charge < -0.3 is 20.3 Å². The molecule has 7 nitrogen and oxygen atoms in total. The maximum Gasteiger partial charge on any atom is 0.251 e. The fourth-order valence-electron chi connectivity index (χ4n) is 2.61. The minimum Gasteiger partial charge on any atom is -0.491 e. The number of nitrogens with zero attached hydrogens (tertiary/aromatic N) is 1. The van der Waals surface area contributed by atoms with Crippen LogP contribution in [0.15, 0.2) is 46.9 Å². The molecule has 0 heterocycles. The molecule has 0 aliphatic rings. The number of hydrogen-bond acceptors (Lipinski definition) is 4. The second kappa shape index (κ2) is 10.8. The number of anilines is 1. The summed E-state index contributed by atoms with van der Waals surface area (Å²) in [6, 6.07) is 12.2. The van der Waals surface area contributed by atoms with Crippen LogP contribution in [-0.2, 0) is 9.59 Å². The molecule has 0 radical (unpaired) electrons. The number of carbonyl (C=O) groups excluding carboxylic acids is 3. The van der Waals surface area contributed by atoms with Crippen LogP contribution >= 0.6 is 15.9 Å². The van der Waals surface area contributed by atoms with Crippen LogP contribution in [0, 0.1) is 6.92 Å². The molecular weight excluding hydrogens is 450 g/mol. The first-order valence-corrected chi connectivity index (χ1v) is 10.3. The Balaban J connectivity index is 1.82. The second-order valence-electron chi connectivity index (χ2n) is 7.13. The predicted molar refractivity (Wildman–Crippen MR) is 120 cm³/mol. The number of halogens is 1. The van der Waals surface area contributed by atoms with E-state index in [9.17, 15) is 14.4 Å². The van der Waals surface area contributed by atoms with E-state index < -0.39 is 0 Å². The van der Waals surface area contributed by atoms with Gasteiger partial charge in [0, 0.05) is 22.8 Å². The molecule has 0 spiro atoms. The van der Waals surface area contributed by atoms with Gasteiger partial charge >= 0.3 is 0 Å². The Kier molecular flexibility index (Phi) is 8.41. The average molecular weight is 476 g/mol. The van der Waals surface area contributed by atoms with Gasteiger partial charge in [0.25, 0.3) is 5.91 Å². The SMILES string of the molecule is Cc1cc(Br)ccc1NC(=O)CN(C)C(=O)CNC(=O)c1ccc(OC(C)C)cc1. The molecule has 8 heteroatoms. The van der Waals surface area contributed by atoms with Gasteiger partial charge in [-0.1, -0.05) is 15.9 Å². The van der Waals surface area contributed by atoms with E-state index in [4.69, 9.17) is 4.74 Å². The topological polar surface area (TPSA) is 87.7 Å². The molecule has 0 aliphatic carbocycles. The summed E-state index contributed by atoms with van der Waals surface area (Å²) in [4.78, 5) is 38.0. The summed E-state index contributed by atoms with van der Waals surface area (Å²) in [5.74, 6) is -0.388. The van der Waals surface area contributed by atoms with Crippen LogP contribution in [-0.4, -0.2) is 48.9 Å². The molecule has 30 heavy (non-hydrogen) atoms. The van der Waals surface area contributed by atoms with Gasteiger partial charge in [-0.25, -0.2) is 0 Å². The van der Waals surface area contributed by atoms with Crippen molar-refractivity contribution in [1.82, 2.24) is 10.2 Å². The Labute approximate surface area is 184 Å². The highest BCUT2D eigenvalue weighted by atomic mass is 79.9. The molecule has 0 atom stereocenters. The fourth-order valence-corrected chi connectivity index (χ4v) is 3.09. The first-order valence-electron chi connectivity index (χ1n) is 9.50. The van der Waals surface area contributed by atoms with E-state index in [0.29, 0.717) is 17.0 Å². The largest absolute Gasteiger partial charge is 0.491 e. The van der Waals surface area contributed by atoms with Gasteiger partial charge in [-0.2, -0.15) is 0 Å². The summed E-state index contributed by atoms with van der Waals surface area (Å²) in [5.41, 5.74) is 2.01. The van der Waals surface area contributed by atoms with Crippen molar-refractivity contribution in [3.05, 3.63) is 58.1 Å². The molecular formula is C22H26BrN3O4. The van der Waals surface area contributed by atoms with E-state index in [0.717, 1.165) is 10.0 Å². The molecule has 0 aliphatic heterocycles. The Morgan fingerprint density at radius 1 is 1.10 bits per heavy atom. The highest BCUT2D eigenvalue weighted by Crippen LogP contribution is 2.20. The Morgan fingerprint density at radius 3 is 2.37 bits per heavy atom. The normalized spacial score (nSPS) is 10.5. The van der Waals surface area contributed by atoms with E-state index in [1.165, 1.54) is 11.9 Å². The van der Waals surface area contributed by atoms with Crippen LogP contribution in [0.1, 0.15) is 29.8 Å². The third kappa shape index (κ3) is 7.18.